The molecule has 7 heteroatoms. The van der Waals surface area contributed by atoms with Gasteiger partial charge in [-0.05, 0) is 66.4 Å². The fourth-order valence-corrected chi connectivity index (χ4v) is 4.01. The average molecular weight is 398 g/mol. The van der Waals surface area contributed by atoms with Gasteiger partial charge >= 0.3 is 0 Å². The second-order valence-corrected chi connectivity index (χ2v) is 7.56. The zero-order valence-corrected chi connectivity index (χ0v) is 15.8. The molecular formula is C20H16ClN3O2S. The number of anilines is 1. The summed E-state index contributed by atoms with van der Waals surface area (Å²) in [6, 6.07) is 16.5. The molecule has 0 saturated carbocycles. The largest absolute Gasteiger partial charge is 0.352 e. The summed E-state index contributed by atoms with van der Waals surface area (Å²) in [5.41, 5.74) is 2.78. The van der Waals surface area contributed by atoms with Gasteiger partial charge in [0.2, 0.25) is 0 Å². The predicted octanol–water partition coefficient (Wildman–Crippen LogP) is 4.24. The van der Waals surface area contributed by atoms with Gasteiger partial charge in [-0.2, -0.15) is 0 Å². The first-order chi connectivity index (χ1) is 13.1. The van der Waals surface area contributed by atoms with Crippen molar-refractivity contribution in [2.45, 2.75) is 11.3 Å². The number of carbonyl (C=O) groups excluding carboxylic acids is 2. The third-order valence-corrected chi connectivity index (χ3v) is 5.52. The standard InChI is InChI=1S/C20H16ClN3O2S/c21-15-4-1-3-13(11-15)8-9-22-19(25)14-6-7-18-16(12-14)23-20(26)17-5-2-10-24(17)27-18/h1-7,10-12H,8-9H2,(H,22,25)(H,23,26). The van der Waals surface area contributed by atoms with Crippen molar-refractivity contribution in [3.63, 3.8) is 0 Å². The van der Waals surface area contributed by atoms with Gasteiger partial charge in [0.25, 0.3) is 11.8 Å². The molecule has 0 atom stereocenters. The zero-order valence-electron chi connectivity index (χ0n) is 14.2. The highest BCUT2D eigenvalue weighted by atomic mass is 35.5. The fraction of sp³-hybridized carbons (Fsp3) is 0.100. The summed E-state index contributed by atoms with van der Waals surface area (Å²) >= 11 is 7.41. The molecule has 0 unspecified atom stereocenters. The van der Waals surface area contributed by atoms with Crippen molar-refractivity contribution in [3.05, 3.63) is 82.6 Å². The Morgan fingerprint density at radius 3 is 2.89 bits per heavy atom. The molecule has 27 heavy (non-hydrogen) atoms. The van der Waals surface area contributed by atoms with Gasteiger partial charge in [0.05, 0.1) is 10.6 Å². The van der Waals surface area contributed by atoms with Crippen molar-refractivity contribution in [1.29, 1.82) is 0 Å². The molecular weight excluding hydrogens is 382 g/mol. The molecule has 0 bridgehead atoms. The Labute approximate surface area is 165 Å². The summed E-state index contributed by atoms with van der Waals surface area (Å²) in [5.74, 6) is -0.368. The van der Waals surface area contributed by atoms with Gasteiger partial charge in [0.1, 0.15) is 5.69 Å². The number of benzene rings is 2. The molecule has 3 aromatic rings. The van der Waals surface area contributed by atoms with Gasteiger partial charge in [-0.1, -0.05) is 23.7 Å². The molecule has 0 radical (unpaired) electrons. The Hall–Kier alpha value is -2.70. The predicted molar refractivity (Wildman–Crippen MR) is 108 cm³/mol. The smallest absolute Gasteiger partial charge is 0.273 e. The first kappa shape index (κ1) is 17.7. The minimum Gasteiger partial charge on any atom is -0.352 e. The number of nitrogens with zero attached hydrogens (tertiary/aromatic N) is 1. The van der Waals surface area contributed by atoms with Crippen LogP contribution in [-0.4, -0.2) is 22.3 Å². The molecule has 2 N–H and O–H groups in total. The van der Waals surface area contributed by atoms with E-state index in [1.807, 2.05) is 46.6 Å². The topological polar surface area (TPSA) is 63.1 Å². The Morgan fingerprint density at radius 1 is 1.15 bits per heavy atom. The lowest BCUT2D eigenvalue weighted by atomic mass is 10.1. The molecule has 0 fully saturated rings. The quantitative estimate of drug-likeness (QED) is 0.692. The van der Waals surface area contributed by atoms with E-state index in [9.17, 15) is 9.59 Å². The molecule has 1 aromatic heterocycles. The Bertz CT molecular complexity index is 1030. The summed E-state index contributed by atoms with van der Waals surface area (Å²) in [4.78, 5) is 25.7. The number of nitrogens with one attached hydrogen (secondary N) is 2. The van der Waals surface area contributed by atoms with Crippen LogP contribution >= 0.6 is 23.5 Å². The van der Waals surface area contributed by atoms with E-state index in [-0.39, 0.29) is 11.8 Å². The first-order valence-corrected chi connectivity index (χ1v) is 9.59. The monoisotopic (exact) mass is 397 g/mol. The van der Waals surface area contributed by atoms with Crippen LogP contribution < -0.4 is 10.6 Å². The second-order valence-electron chi connectivity index (χ2n) is 6.11. The van der Waals surface area contributed by atoms with E-state index in [0.717, 1.165) is 10.5 Å². The fourth-order valence-electron chi connectivity index (χ4n) is 2.88. The number of carbonyl (C=O) groups is 2. The minimum absolute atomic E-state index is 0.178. The Balaban J connectivity index is 1.44. The SMILES string of the molecule is O=C(NCCc1cccc(Cl)c1)c1ccc2c(c1)NC(=O)c1cccn1S2. The van der Waals surface area contributed by atoms with Crippen LogP contribution in [0.25, 0.3) is 0 Å². The van der Waals surface area contributed by atoms with E-state index in [1.54, 1.807) is 18.2 Å². The van der Waals surface area contributed by atoms with Crippen LogP contribution in [0.1, 0.15) is 26.4 Å². The number of hydrogen-bond donors (Lipinski definition) is 2. The van der Waals surface area contributed by atoms with Crippen LogP contribution in [0.4, 0.5) is 5.69 Å². The summed E-state index contributed by atoms with van der Waals surface area (Å²) < 4.78 is 1.81. The summed E-state index contributed by atoms with van der Waals surface area (Å²) in [6.07, 6.45) is 2.53. The van der Waals surface area contributed by atoms with Crippen LogP contribution in [0.3, 0.4) is 0 Å². The summed E-state index contributed by atoms with van der Waals surface area (Å²) in [7, 11) is 0. The van der Waals surface area contributed by atoms with E-state index < -0.39 is 0 Å². The van der Waals surface area contributed by atoms with E-state index in [1.165, 1.54) is 11.9 Å². The molecule has 136 valence electrons. The van der Waals surface area contributed by atoms with E-state index >= 15 is 0 Å². The number of amides is 2. The van der Waals surface area contributed by atoms with E-state index in [4.69, 9.17) is 11.6 Å². The average Bonchev–Trinajstić information content (AvgIpc) is 3.06. The molecule has 1 aliphatic heterocycles. The van der Waals surface area contributed by atoms with Crippen LogP contribution in [0.5, 0.6) is 0 Å². The number of hydrogen-bond acceptors (Lipinski definition) is 3. The first-order valence-electron chi connectivity index (χ1n) is 8.44. The number of fused-ring (bicyclic) bond motifs is 2. The van der Waals surface area contributed by atoms with Gasteiger partial charge in [-0.3, -0.25) is 13.6 Å². The molecule has 5 nitrogen and oxygen atoms in total. The number of halogens is 1. The van der Waals surface area contributed by atoms with E-state index in [0.29, 0.717) is 34.9 Å². The minimum atomic E-state index is -0.190. The third kappa shape index (κ3) is 3.86. The van der Waals surface area contributed by atoms with Gasteiger partial charge < -0.3 is 10.6 Å². The third-order valence-electron chi connectivity index (χ3n) is 4.22. The molecule has 0 aliphatic carbocycles. The van der Waals surface area contributed by atoms with Crippen molar-refractivity contribution >= 4 is 41.1 Å². The second kappa shape index (κ2) is 7.50. The Kier molecular flexibility index (Phi) is 4.92. The highest BCUT2D eigenvalue weighted by Gasteiger charge is 2.20. The molecule has 1 aliphatic rings. The maximum Gasteiger partial charge on any atom is 0.273 e. The van der Waals surface area contributed by atoms with Crippen LogP contribution in [0, 0.1) is 0 Å². The summed E-state index contributed by atoms with van der Waals surface area (Å²) in [6.45, 7) is 0.503. The number of rotatable bonds is 4. The highest BCUT2D eigenvalue weighted by Crippen LogP contribution is 2.33. The lowest BCUT2D eigenvalue weighted by Gasteiger charge is -2.10. The molecule has 2 aromatic carbocycles. The lowest BCUT2D eigenvalue weighted by molar-refractivity contribution is 0.0952. The molecule has 0 spiro atoms. The Morgan fingerprint density at radius 2 is 2.04 bits per heavy atom. The van der Waals surface area contributed by atoms with Crippen LogP contribution in [0.2, 0.25) is 5.02 Å². The maximum atomic E-state index is 12.5. The van der Waals surface area contributed by atoms with E-state index in [2.05, 4.69) is 10.6 Å². The van der Waals surface area contributed by atoms with Crippen molar-refractivity contribution in [2.24, 2.45) is 0 Å². The molecule has 0 saturated heterocycles. The van der Waals surface area contributed by atoms with Gasteiger partial charge in [-0.25, -0.2) is 0 Å². The van der Waals surface area contributed by atoms with Crippen LogP contribution in [-0.2, 0) is 6.42 Å². The van der Waals surface area contributed by atoms with Crippen molar-refractivity contribution in [1.82, 2.24) is 9.29 Å². The van der Waals surface area contributed by atoms with Crippen molar-refractivity contribution in [3.8, 4) is 0 Å². The van der Waals surface area contributed by atoms with Crippen molar-refractivity contribution in [2.75, 3.05) is 11.9 Å². The molecule has 2 amide bonds. The number of aromatic nitrogens is 1. The highest BCUT2D eigenvalue weighted by molar-refractivity contribution is 7.98. The zero-order chi connectivity index (χ0) is 18.8. The van der Waals surface area contributed by atoms with Gasteiger partial charge in [0.15, 0.2) is 0 Å². The summed E-state index contributed by atoms with van der Waals surface area (Å²) in [5, 5.41) is 6.46. The van der Waals surface area contributed by atoms with Gasteiger partial charge in [0, 0.05) is 23.3 Å². The normalized spacial score (nSPS) is 12.6. The lowest BCUT2D eigenvalue weighted by Crippen LogP contribution is -2.25. The maximum absolute atomic E-state index is 12.5. The van der Waals surface area contributed by atoms with Gasteiger partial charge in [-0.15, -0.1) is 0 Å². The molecule has 2 heterocycles. The molecule has 4 rings (SSSR count). The van der Waals surface area contributed by atoms with Crippen molar-refractivity contribution < 1.29 is 9.59 Å². The van der Waals surface area contributed by atoms with Crippen LogP contribution in [0.15, 0.2) is 65.7 Å².